The zero-order chi connectivity index (χ0) is 13.4. The number of ether oxygens (including phenoxy) is 1. The number of hydrogen-bond acceptors (Lipinski definition) is 6. The molecule has 0 aliphatic rings. The summed E-state index contributed by atoms with van der Waals surface area (Å²) in [5.74, 6) is -3.34. The molecule has 0 bridgehead atoms. The molecule has 98 valence electrons. The van der Waals surface area contributed by atoms with Gasteiger partial charge < -0.3 is 26.4 Å². The van der Waals surface area contributed by atoms with E-state index in [2.05, 4.69) is 4.74 Å². The van der Waals surface area contributed by atoms with Crippen LogP contribution in [0.2, 0.25) is 0 Å². The molecule has 0 amide bonds. The van der Waals surface area contributed by atoms with E-state index < -0.39 is 30.1 Å². The molecule has 0 fully saturated rings. The van der Waals surface area contributed by atoms with Gasteiger partial charge >= 0.3 is 17.9 Å². The van der Waals surface area contributed by atoms with Crippen molar-refractivity contribution >= 4 is 17.9 Å². The summed E-state index contributed by atoms with van der Waals surface area (Å²) in [7, 11) is 0. The summed E-state index contributed by atoms with van der Waals surface area (Å²) in [6.45, 7) is 0.0502. The molecule has 8 nitrogen and oxygen atoms in total. The van der Waals surface area contributed by atoms with Crippen LogP contribution in [0, 0.1) is 0 Å². The highest BCUT2D eigenvalue weighted by Crippen LogP contribution is 2.03. The number of rotatable bonds is 8. The standard InChI is InChI=1S/C9H16N2O6/c10-4-3-6(8(14)15)17-9(16)5(11)1-2-7(12)13/h5-6H,1-4,10-11H2,(H,12,13)(H,14,15). The summed E-state index contributed by atoms with van der Waals surface area (Å²) in [5.41, 5.74) is 10.5. The number of carboxylic acids is 2. The lowest BCUT2D eigenvalue weighted by Gasteiger charge is -2.15. The largest absolute Gasteiger partial charge is 0.481 e. The lowest BCUT2D eigenvalue weighted by molar-refractivity contribution is -0.165. The zero-order valence-corrected chi connectivity index (χ0v) is 9.17. The third-order valence-corrected chi connectivity index (χ3v) is 1.93. The average Bonchev–Trinajstić information content (AvgIpc) is 2.24. The molecule has 0 spiro atoms. The Kier molecular flexibility index (Phi) is 6.83. The lowest BCUT2D eigenvalue weighted by Crippen LogP contribution is -2.38. The van der Waals surface area contributed by atoms with Gasteiger partial charge in [-0.05, 0) is 13.0 Å². The third kappa shape index (κ3) is 6.48. The number of carbonyl (C=O) groups is 3. The lowest BCUT2D eigenvalue weighted by atomic mass is 10.1. The molecule has 0 heterocycles. The van der Waals surface area contributed by atoms with E-state index in [-0.39, 0.29) is 25.8 Å². The first-order valence-electron chi connectivity index (χ1n) is 4.99. The van der Waals surface area contributed by atoms with Gasteiger partial charge in [0.15, 0.2) is 6.10 Å². The molecule has 0 aromatic heterocycles. The molecule has 0 radical (unpaired) electrons. The molecule has 6 N–H and O–H groups in total. The van der Waals surface area contributed by atoms with Crippen molar-refractivity contribution in [2.45, 2.75) is 31.4 Å². The summed E-state index contributed by atoms with van der Waals surface area (Å²) in [6, 6.07) is -1.15. The molecule has 0 aliphatic heterocycles. The Morgan fingerprint density at radius 1 is 1.18 bits per heavy atom. The van der Waals surface area contributed by atoms with E-state index in [0.29, 0.717) is 0 Å². The van der Waals surface area contributed by atoms with Gasteiger partial charge in [-0.1, -0.05) is 0 Å². The second-order valence-corrected chi connectivity index (χ2v) is 3.38. The quantitative estimate of drug-likeness (QED) is 0.379. The zero-order valence-electron chi connectivity index (χ0n) is 9.17. The molecule has 2 unspecified atom stereocenters. The van der Waals surface area contributed by atoms with E-state index >= 15 is 0 Å². The summed E-state index contributed by atoms with van der Waals surface area (Å²) < 4.78 is 4.61. The minimum Gasteiger partial charge on any atom is -0.481 e. The fourth-order valence-corrected chi connectivity index (χ4v) is 1.01. The van der Waals surface area contributed by atoms with Crippen LogP contribution in [0.4, 0.5) is 0 Å². The molecule has 2 atom stereocenters. The minimum atomic E-state index is -1.34. The first kappa shape index (κ1) is 15.3. The van der Waals surface area contributed by atoms with Crippen LogP contribution in [0.5, 0.6) is 0 Å². The van der Waals surface area contributed by atoms with Gasteiger partial charge in [0.1, 0.15) is 6.04 Å². The number of carbonyl (C=O) groups excluding carboxylic acids is 1. The van der Waals surface area contributed by atoms with Crippen molar-refractivity contribution in [2.24, 2.45) is 11.5 Å². The SMILES string of the molecule is NCCC(OC(=O)C(N)CCC(=O)O)C(=O)O. The van der Waals surface area contributed by atoms with Crippen molar-refractivity contribution in [3.63, 3.8) is 0 Å². The Morgan fingerprint density at radius 3 is 2.18 bits per heavy atom. The summed E-state index contributed by atoms with van der Waals surface area (Å²) >= 11 is 0. The predicted octanol–water partition coefficient (Wildman–Crippen LogP) is -1.48. The highest BCUT2D eigenvalue weighted by atomic mass is 16.6. The Morgan fingerprint density at radius 2 is 1.76 bits per heavy atom. The van der Waals surface area contributed by atoms with Crippen molar-refractivity contribution in [2.75, 3.05) is 6.54 Å². The minimum absolute atomic E-state index is 0.0211. The van der Waals surface area contributed by atoms with E-state index in [4.69, 9.17) is 21.7 Å². The van der Waals surface area contributed by atoms with Crippen LogP contribution in [-0.2, 0) is 19.1 Å². The number of esters is 1. The molecule has 0 saturated carbocycles. The first-order chi connectivity index (χ1) is 7.88. The smallest absolute Gasteiger partial charge is 0.345 e. The van der Waals surface area contributed by atoms with Crippen LogP contribution in [0.25, 0.3) is 0 Å². The van der Waals surface area contributed by atoms with Gasteiger partial charge in [-0.15, -0.1) is 0 Å². The Labute approximate surface area is 97.5 Å². The van der Waals surface area contributed by atoms with Crippen LogP contribution in [0.3, 0.4) is 0 Å². The highest BCUT2D eigenvalue weighted by Gasteiger charge is 2.25. The van der Waals surface area contributed by atoms with E-state index in [1.807, 2.05) is 0 Å². The number of aliphatic carboxylic acids is 2. The van der Waals surface area contributed by atoms with Crippen molar-refractivity contribution < 1.29 is 29.3 Å². The van der Waals surface area contributed by atoms with Gasteiger partial charge in [0.05, 0.1) is 0 Å². The maximum atomic E-state index is 11.3. The summed E-state index contributed by atoms with van der Waals surface area (Å²) in [5, 5.41) is 17.1. The maximum Gasteiger partial charge on any atom is 0.345 e. The fourth-order valence-electron chi connectivity index (χ4n) is 1.01. The number of hydrogen-bond donors (Lipinski definition) is 4. The second-order valence-electron chi connectivity index (χ2n) is 3.38. The highest BCUT2D eigenvalue weighted by molar-refractivity contribution is 5.81. The molecular formula is C9H16N2O6. The summed E-state index contributed by atoms with van der Waals surface area (Å²) in [6.07, 6.45) is -1.76. The molecule has 0 rings (SSSR count). The number of nitrogens with two attached hydrogens (primary N) is 2. The molecule has 17 heavy (non-hydrogen) atoms. The first-order valence-corrected chi connectivity index (χ1v) is 4.99. The predicted molar refractivity (Wildman–Crippen MR) is 56.0 cm³/mol. The van der Waals surface area contributed by atoms with Gasteiger partial charge in [-0.2, -0.15) is 0 Å². The fraction of sp³-hybridized carbons (Fsp3) is 0.667. The van der Waals surface area contributed by atoms with Crippen LogP contribution in [-0.4, -0.2) is 46.8 Å². The van der Waals surface area contributed by atoms with Gasteiger partial charge in [0.25, 0.3) is 0 Å². The monoisotopic (exact) mass is 248 g/mol. The van der Waals surface area contributed by atoms with Gasteiger partial charge in [0, 0.05) is 12.8 Å². The van der Waals surface area contributed by atoms with E-state index in [9.17, 15) is 14.4 Å². The molecule has 0 aromatic carbocycles. The molecule has 8 heteroatoms. The van der Waals surface area contributed by atoms with E-state index in [1.54, 1.807) is 0 Å². The summed E-state index contributed by atoms with van der Waals surface area (Å²) in [4.78, 5) is 32.2. The molecule has 0 aliphatic carbocycles. The van der Waals surface area contributed by atoms with Crippen molar-refractivity contribution in [1.82, 2.24) is 0 Å². The molecule has 0 aromatic rings. The van der Waals surface area contributed by atoms with E-state index in [1.165, 1.54) is 0 Å². The van der Waals surface area contributed by atoms with Crippen molar-refractivity contribution in [3.05, 3.63) is 0 Å². The van der Waals surface area contributed by atoms with Crippen LogP contribution in [0.1, 0.15) is 19.3 Å². The Hall–Kier alpha value is -1.67. The van der Waals surface area contributed by atoms with Crippen LogP contribution in [0.15, 0.2) is 0 Å². The van der Waals surface area contributed by atoms with E-state index in [0.717, 1.165) is 0 Å². The third-order valence-electron chi connectivity index (χ3n) is 1.93. The Balaban J connectivity index is 4.20. The van der Waals surface area contributed by atoms with Crippen molar-refractivity contribution in [3.8, 4) is 0 Å². The normalized spacial score (nSPS) is 13.8. The van der Waals surface area contributed by atoms with Gasteiger partial charge in [-0.25, -0.2) is 4.79 Å². The van der Waals surface area contributed by atoms with Gasteiger partial charge in [0.2, 0.25) is 0 Å². The van der Waals surface area contributed by atoms with Gasteiger partial charge in [-0.3, -0.25) is 9.59 Å². The molecular weight excluding hydrogens is 232 g/mol. The van der Waals surface area contributed by atoms with Crippen LogP contribution >= 0.6 is 0 Å². The molecule has 0 saturated heterocycles. The average molecular weight is 248 g/mol. The Bertz CT molecular complexity index is 293. The second kappa shape index (κ2) is 7.58. The topological polar surface area (TPSA) is 153 Å². The maximum absolute atomic E-state index is 11.3. The van der Waals surface area contributed by atoms with Crippen molar-refractivity contribution in [1.29, 1.82) is 0 Å². The number of carboxylic acid groups (broad SMARTS) is 2. The van der Waals surface area contributed by atoms with Crippen LogP contribution < -0.4 is 11.5 Å².